The van der Waals surface area contributed by atoms with E-state index in [9.17, 15) is 18.0 Å². The molecule has 6 heteroatoms. The zero-order valence-corrected chi connectivity index (χ0v) is 8.21. The second kappa shape index (κ2) is 5.75. The van der Waals surface area contributed by atoms with Crippen molar-refractivity contribution in [2.24, 2.45) is 0 Å². The van der Waals surface area contributed by atoms with Gasteiger partial charge in [-0.2, -0.15) is 13.2 Å². The summed E-state index contributed by atoms with van der Waals surface area (Å²) in [7, 11) is 0. The number of aliphatic carboxylic acids is 1. The van der Waals surface area contributed by atoms with Crippen molar-refractivity contribution in [3.05, 3.63) is 11.6 Å². The molecule has 0 radical (unpaired) electrons. The normalized spacial score (nSPS) is 15.1. The summed E-state index contributed by atoms with van der Waals surface area (Å²) in [5.74, 6) is -1.15. The van der Waals surface area contributed by atoms with Crippen molar-refractivity contribution < 1.29 is 28.2 Å². The molecule has 0 aromatic heterocycles. The van der Waals surface area contributed by atoms with Crippen LogP contribution in [0.2, 0.25) is 0 Å². The van der Waals surface area contributed by atoms with Gasteiger partial charge in [-0.3, -0.25) is 4.79 Å². The molecule has 0 aliphatic carbocycles. The van der Waals surface area contributed by atoms with E-state index in [1.807, 2.05) is 0 Å². The molecule has 0 unspecified atom stereocenters. The molecule has 15 heavy (non-hydrogen) atoms. The van der Waals surface area contributed by atoms with E-state index >= 15 is 0 Å². The quantitative estimate of drug-likeness (QED) is 0.706. The third-order valence-electron chi connectivity index (χ3n) is 1.63. The zero-order valence-electron chi connectivity index (χ0n) is 8.21. The molecule has 0 bridgehead atoms. The summed E-state index contributed by atoms with van der Waals surface area (Å²) in [6, 6.07) is 0. The summed E-state index contributed by atoms with van der Waals surface area (Å²) in [6.07, 6.45) is -5.82. The number of carboxylic acids is 1. The van der Waals surface area contributed by atoms with E-state index in [-0.39, 0.29) is 12.8 Å². The molecule has 0 aromatic carbocycles. The van der Waals surface area contributed by atoms with Gasteiger partial charge in [-0.05, 0) is 13.3 Å². The van der Waals surface area contributed by atoms with Crippen LogP contribution < -0.4 is 0 Å². The number of hydrogen-bond acceptors (Lipinski definition) is 2. The Morgan fingerprint density at radius 3 is 2.33 bits per heavy atom. The first kappa shape index (κ1) is 14.0. The first-order valence-electron chi connectivity index (χ1n) is 4.39. The lowest BCUT2D eigenvalue weighted by molar-refractivity contribution is -0.137. The summed E-state index contributed by atoms with van der Waals surface area (Å²) in [6.45, 7) is 1.25. The molecular formula is C9H13F3O3. The molecule has 0 aliphatic heterocycles. The van der Waals surface area contributed by atoms with Gasteiger partial charge >= 0.3 is 12.1 Å². The molecule has 0 fully saturated rings. The lowest BCUT2D eigenvalue weighted by Crippen LogP contribution is -2.16. The van der Waals surface area contributed by atoms with Gasteiger partial charge in [-0.15, -0.1) is 0 Å². The second-order valence-corrected chi connectivity index (χ2v) is 3.21. The van der Waals surface area contributed by atoms with E-state index in [0.29, 0.717) is 0 Å². The van der Waals surface area contributed by atoms with Crippen molar-refractivity contribution >= 4 is 5.97 Å². The van der Waals surface area contributed by atoms with Gasteiger partial charge in [0.05, 0.1) is 6.10 Å². The second-order valence-electron chi connectivity index (χ2n) is 3.21. The van der Waals surface area contributed by atoms with Crippen molar-refractivity contribution in [1.82, 2.24) is 0 Å². The highest BCUT2D eigenvalue weighted by atomic mass is 19.4. The van der Waals surface area contributed by atoms with Crippen LogP contribution in [0, 0.1) is 0 Å². The van der Waals surface area contributed by atoms with Gasteiger partial charge in [0.25, 0.3) is 0 Å². The molecule has 0 amide bonds. The third kappa shape index (κ3) is 6.96. The van der Waals surface area contributed by atoms with E-state index in [1.54, 1.807) is 0 Å². The maximum absolute atomic E-state index is 12.3. The number of rotatable bonds is 5. The molecule has 0 saturated carbocycles. The SMILES string of the molecule is C[C@H](O)C/C(=C\CCC(=O)O)C(F)(F)F. The van der Waals surface area contributed by atoms with Crippen LogP contribution in [0.15, 0.2) is 11.6 Å². The van der Waals surface area contributed by atoms with E-state index in [4.69, 9.17) is 10.2 Å². The Morgan fingerprint density at radius 2 is 2.00 bits per heavy atom. The Kier molecular flexibility index (Phi) is 5.35. The molecular weight excluding hydrogens is 213 g/mol. The molecule has 0 heterocycles. The molecule has 0 aromatic rings. The third-order valence-corrected chi connectivity index (χ3v) is 1.63. The Balaban J connectivity index is 4.42. The Bertz CT molecular complexity index is 243. The number of aliphatic hydroxyl groups is 1. The summed E-state index contributed by atoms with van der Waals surface area (Å²) in [4.78, 5) is 10.1. The molecule has 0 spiro atoms. The van der Waals surface area contributed by atoms with Crippen LogP contribution in [0.3, 0.4) is 0 Å². The molecule has 0 saturated heterocycles. The fraction of sp³-hybridized carbons (Fsp3) is 0.667. The maximum Gasteiger partial charge on any atom is 0.412 e. The van der Waals surface area contributed by atoms with E-state index < -0.39 is 30.2 Å². The fourth-order valence-corrected chi connectivity index (χ4v) is 1.00. The standard InChI is InChI=1S/C9H13F3O3/c1-6(13)5-7(9(10,11)12)3-2-4-8(14)15/h3,6,13H,2,4-5H2,1H3,(H,14,15)/b7-3+/t6-/m0/s1. The Labute approximate surface area is 85.2 Å². The average Bonchev–Trinajstić information content (AvgIpc) is 1.99. The minimum absolute atomic E-state index is 0.184. The number of hydrogen-bond donors (Lipinski definition) is 2. The molecule has 2 N–H and O–H groups in total. The summed E-state index contributed by atoms with van der Waals surface area (Å²) >= 11 is 0. The topological polar surface area (TPSA) is 57.5 Å². The van der Waals surface area contributed by atoms with Crippen LogP contribution in [0.1, 0.15) is 26.2 Å². The van der Waals surface area contributed by atoms with Crippen LogP contribution in [-0.2, 0) is 4.79 Å². The van der Waals surface area contributed by atoms with Crippen LogP contribution in [0.4, 0.5) is 13.2 Å². The number of alkyl halides is 3. The summed E-state index contributed by atoms with van der Waals surface area (Å²) < 4.78 is 36.8. The van der Waals surface area contributed by atoms with Crippen molar-refractivity contribution in [2.75, 3.05) is 0 Å². The van der Waals surface area contributed by atoms with Gasteiger partial charge in [0.15, 0.2) is 0 Å². The summed E-state index contributed by atoms with van der Waals surface area (Å²) in [5, 5.41) is 17.1. The highest BCUT2D eigenvalue weighted by molar-refractivity contribution is 5.66. The Morgan fingerprint density at radius 1 is 1.47 bits per heavy atom. The fourth-order valence-electron chi connectivity index (χ4n) is 1.00. The molecule has 0 aliphatic rings. The van der Waals surface area contributed by atoms with Gasteiger partial charge in [0.1, 0.15) is 0 Å². The van der Waals surface area contributed by atoms with Crippen LogP contribution in [0.5, 0.6) is 0 Å². The number of halogens is 3. The van der Waals surface area contributed by atoms with Gasteiger partial charge in [-0.25, -0.2) is 0 Å². The van der Waals surface area contributed by atoms with Gasteiger partial charge < -0.3 is 10.2 Å². The number of carboxylic acid groups (broad SMARTS) is 1. The molecule has 1 atom stereocenters. The first-order chi connectivity index (χ1) is 6.73. The number of carbonyl (C=O) groups is 1. The average molecular weight is 226 g/mol. The van der Waals surface area contributed by atoms with Crippen molar-refractivity contribution in [1.29, 1.82) is 0 Å². The molecule has 3 nitrogen and oxygen atoms in total. The van der Waals surface area contributed by atoms with Crippen molar-refractivity contribution in [3.8, 4) is 0 Å². The number of aliphatic hydroxyl groups excluding tert-OH is 1. The van der Waals surface area contributed by atoms with Crippen molar-refractivity contribution in [3.63, 3.8) is 0 Å². The molecule has 88 valence electrons. The zero-order chi connectivity index (χ0) is 12.1. The lowest BCUT2D eigenvalue weighted by atomic mass is 10.1. The highest BCUT2D eigenvalue weighted by Crippen LogP contribution is 2.29. The van der Waals surface area contributed by atoms with Crippen LogP contribution in [-0.4, -0.2) is 28.5 Å². The van der Waals surface area contributed by atoms with Gasteiger partial charge in [0, 0.05) is 18.4 Å². The Hall–Kier alpha value is -1.04. The smallest absolute Gasteiger partial charge is 0.412 e. The maximum atomic E-state index is 12.3. The summed E-state index contributed by atoms with van der Waals surface area (Å²) in [5.41, 5.74) is -0.876. The predicted molar refractivity (Wildman–Crippen MR) is 47.3 cm³/mol. The van der Waals surface area contributed by atoms with E-state index in [2.05, 4.69) is 0 Å². The molecule has 0 rings (SSSR count). The minimum Gasteiger partial charge on any atom is -0.481 e. The largest absolute Gasteiger partial charge is 0.481 e. The lowest BCUT2D eigenvalue weighted by Gasteiger charge is -2.13. The highest BCUT2D eigenvalue weighted by Gasteiger charge is 2.33. The van der Waals surface area contributed by atoms with E-state index in [1.165, 1.54) is 6.92 Å². The van der Waals surface area contributed by atoms with E-state index in [0.717, 1.165) is 6.08 Å². The van der Waals surface area contributed by atoms with Gasteiger partial charge in [-0.1, -0.05) is 6.08 Å². The van der Waals surface area contributed by atoms with Crippen LogP contribution in [0.25, 0.3) is 0 Å². The van der Waals surface area contributed by atoms with Crippen LogP contribution >= 0.6 is 0 Å². The van der Waals surface area contributed by atoms with Gasteiger partial charge in [0.2, 0.25) is 0 Å². The monoisotopic (exact) mass is 226 g/mol. The number of allylic oxidation sites excluding steroid dienone is 1. The van der Waals surface area contributed by atoms with Crippen molar-refractivity contribution in [2.45, 2.75) is 38.5 Å². The minimum atomic E-state index is -4.50. The first-order valence-corrected chi connectivity index (χ1v) is 4.39. The predicted octanol–water partition coefficient (Wildman–Crippen LogP) is 2.11.